The molecule has 6 saturated carbocycles. The Morgan fingerprint density at radius 3 is 2.43 bits per heavy atom. The second kappa shape index (κ2) is 6.88. The van der Waals surface area contributed by atoms with E-state index in [4.69, 9.17) is 5.73 Å². The van der Waals surface area contributed by atoms with Crippen LogP contribution in [0.2, 0.25) is 0 Å². The SMILES string of the molecule is NC1CCC(C=NC(=O)C23CC4CC(c5ccccc5)(CC2/C4=C\C2CC2)C3)CC1. The van der Waals surface area contributed by atoms with Crippen molar-refractivity contribution in [3.63, 3.8) is 0 Å². The van der Waals surface area contributed by atoms with Gasteiger partial charge in [-0.1, -0.05) is 42.0 Å². The summed E-state index contributed by atoms with van der Waals surface area (Å²) in [5.74, 6) is 2.41. The van der Waals surface area contributed by atoms with Crippen LogP contribution in [0, 0.1) is 29.1 Å². The van der Waals surface area contributed by atoms with E-state index in [1.165, 1.54) is 24.8 Å². The number of carbonyl (C=O) groups excluding carboxylic acids is 1. The van der Waals surface area contributed by atoms with Crippen LogP contribution in [-0.4, -0.2) is 18.2 Å². The Kier molecular flexibility index (Phi) is 4.36. The van der Waals surface area contributed by atoms with E-state index in [0.29, 0.717) is 23.8 Å². The first-order valence-electron chi connectivity index (χ1n) is 12.2. The zero-order chi connectivity index (χ0) is 20.3. The second-order valence-corrected chi connectivity index (χ2v) is 11.1. The summed E-state index contributed by atoms with van der Waals surface area (Å²) < 4.78 is 0. The summed E-state index contributed by atoms with van der Waals surface area (Å²) in [6, 6.07) is 11.4. The van der Waals surface area contributed by atoms with Gasteiger partial charge in [0.1, 0.15) is 0 Å². The maximum atomic E-state index is 13.7. The minimum absolute atomic E-state index is 0.179. The van der Waals surface area contributed by atoms with E-state index in [2.05, 4.69) is 41.4 Å². The molecule has 6 aliphatic rings. The van der Waals surface area contributed by atoms with Crippen molar-refractivity contribution in [2.75, 3.05) is 0 Å². The Morgan fingerprint density at radius 2 is 1.70 bits per heavy atom. The van der Waals surface area contributed by atoms with E-state index in [0.717, 1.165) is 50.9 Å². The lowest BCUT2D eigenvalue weighted by atomic mass is 9.63. The summed E-state index contributed by atoms with van der Waals surface area (Å²) in [7, 11) is 0. The largest absolute Gasteiger partial charge is 0.328 e. The zero-order valence-electron chi connectivity index (χ0n) is 17.9. The highest BCUT2D eigenvalue weighted by Crippen LogP contribution is 2.73. The van der Waals surface area contributed by atoms with Gasteiger partial charge in [0.25, 0.3) is 5.91 Å². The second-order valence-electron chi connectivity index (χ2n) is 11.1. The van der Waals surface area contributed by atoms with Crippen LogP contribution in [0.4, 0.5) is 0 Å². The van der Waals surface area contributed by atoms with E-state index in [1.807, 2.05) is 6.21 Å². The van der Waals surface area contributed by atoms with Gasteiger partial charge in [0.2, 0.25) is 0 Å². The summed E-state index contributed by atoms with van der Waals surface area (Å²) in [6.45, 7) is 0. The predicted molar refractivity (Wildman–Crippen MR) is 120 cm³/mol. The topological polar surface area (TPSA) is 55.4 Å². The molecule has 3 heteroatoms. The number of hydrogen-bond donors (Lipinski definition) is 1. The van der Waals surface area contributed by atoms with Crippen molar-refractivity contribution in [3.8, 4) is 0 Å². The predicted octanol–water partition coefficient (Wildman–Crippen LogP) is 5.20. The molecule has 158 valence electrons. The fourth-order valence-corrected chi connectivity index (χ4v) is 7.52. The van der Waals surface area contributed by atoms with Gasteiger partial charge in [-0.2, -0.15) is 0 Å². The molecule has 6 fully saturated rings. The minimum atomic E-state index is -0.249. The molecule has 7 rings (SSSR count). The van der Waals surface area contributed by atoms with Crippen molar-refractivity contribution in [3.05, 3.63) is 47.5 Å². The molecular formula is C27H34N2O. The van der Waals surface area contributed by atoms with Crippen LogP contribution >= 0.6 is 0 Å². The van der Waals surface area contributed by atoms with Crippen molar-refractivity contribution in [1.82, 2.24) is 0 Å². The van der Waals surface area contributed by atoms with Crippen molar-refractivity contribution >= 4 is 12.1 Å². The third-order valence-electron chi connectivity index (χ3n) is 9.12. The van der Waals surface area contributed by atoms with Crippen LogP contribution in [0.25, 0.3) is 0 Å². The quantitative estimate of drug-likeness (QED) is 0.556. The van der Waals surface area contributed by atoms with Gasteiger partial charge >= 0.3 is 0 Å². The van der Waals surface area contributed by atoms with Gasteiger partial charge in [0.05, 0.1) is 5.41 Å². The molecular weight excluding hydrogens is 368 g/mol. The maximum absolute atomic E-state index is 13.7. The fraction of sp³-hybridized carbons (Fsp3) is 0.630. The Hall–Kier alpha value is -1.74. The van der Waals surface area contributed by atoms with Crippen LogP contribution in [0.15, 0.2) is 47.0 Å². The van der Waals surface area contributed by atoms with E-state index in [-0.39, 0.29) is 16.7 Å². The summed E-state index contributed by atoms with van der Waals surface area (Å²) in [5, 5.41) is 0. The van der Waals surface area contributed by atoms with Gasteiger partial charge in [0.15, 0.2) is 0 Å². The Morgan fingerprint density at radius 1 is 0.967 bits per heavy atom. The number of benzene rings is 1. The minimum Gasteiger partial charge on any atom is -0.328 e. The van der Waals surface area contributed by atoms with Gasteiger partial charge in [0, 0.05) is 12.3 Å². The number of nitrogens with two attached hydrogens (primary N) is 1. The van der Waals surface area contributed by atoms with Crippen molar-refractivity contribution < 1.29 is 4.79 Å². The molecule has 1 aromatic rings. The lowest BCUT2D eigenvalue weighted by Crippen LogP contribution is -2.37. The number of allylic oxidation sites excluding steroid dienone is 2. The van der Waals surface area contributed by atoms with Crippen LogP contribution in [-0.2, 0) is 10.2 Å². The van der Waals surface area contributed by atoms with Crippen molar-refractivity contribution in [2.45, 2.75) is 75.7 Å². The summed E-state index contributed by atoms with van der Waals surface area (Å²) in [5.41, 5.74) is 9.07. The molecule has 0 spiro atoms. The molecule has 0 aromatic heterocycles. The monoisotopic (exact) mass is 402 g/mol. The molecule has 0 radical (unpaired) electrons. The van der Waals surface area contributed by atoms with E-state index < -0.39 is 0 Å². The molecule has 4 bridgehead atoms. The molecule has 1 amide bonds. The molecule has 4 unspecified atom stereocenters. The van der Waals surface area contributed by atoms with Crippen LogP contribution in [0.3, 0.4) is 0 Å². The smallest absolute Gasteiger partial charge is 0.252 e. The van der Waals surface area contributed by atoms with Crippen molar-refractivity contribution in [2.24, 2.45) is 39.8 Å². The van der Waals surface area contributed by atoms with Gasteiger partial charge in [-0.25, -0.2) is 4.99 Å². The Bertz CT molecular complexity index is 893. The average molecular weight is 403 g/mol. The van der Waals surface area contributed by atoms with Gasteiger partial charge < -0.3 is 5.73 Å². The Labute approximate surface area is 180 Å². The fourth-order valence-electron chi connectivity index (χ4n) is 7.52. The van der Waals surface area contributed by atoms with Gasteiger partial charge in [-0.05, 0) is 98.9 Å². The molecule has 3 nitrogen and oxygen atoms in total. The first-order valence-corrected chi connectivity index (χ1v) is 12.2. The van der Waals surface area contributed by atoms with Gasteiger partial charge in [-0.3, -0.25) is 4.79 Å². The number of rotatable bonds is 4. The Balaban J connectivity index is 1.31. The third-order valence-corrected chi connectivity index (χ3v) is 9.12. The van der Waals surface area contributed by atoms with Crippen LogP contribution in [0.5, 0.6) is 0 Å². The zero-order valence-corrected chi connectivity index (χ0v) is 17.9. The normalized spacial score (nSPS) is 43.7. The van der Waals surface area contributed by atoms with Crippen molar-refractivity contribution in [1.29, 1.82) is 0 Å². The lowest BCUT2D eigenvalue weighted by Gasteiger charge is -2.41. The highest BCUT2D eigenvalue weighted by atomic mass is 16.1. The van der Waals surface area contributed by atoms with E-state index >= 15 is 0 Å². The van der Waals surface area contributed by atoms with E-state index in [9.17, 15) is 4.79 Å². The number of nitrogens with zero attached hydrogens (tertiary/aromatic N) is 1. The van der Waals surface area contributed by atoms with Gasteiger partial charge in [-0.15, -0.1) is 0 Å². The lowest BCUT2D eigenvalue weighted by molar-refractivity contribution is -0.129. The standard InChI is InChI=1S/C27H34N2O/c28-22-10-8-19(9-11-22)16-29-25(30)27-14-20-13-26(17-27,21-4-2-1-3-5-21)15-24(27)23(20)12-18-6-7-18/h1-5,12,16,18-20,22,24H,6-11,13-15,17,28H2/b23-12-,29-16?. The first kappa shape index (κ1) is 19.0. The summed E-state index contributed by atoms with van der Waals surface area (Å²) >= 11 is 0. The number of aliphatic imine (C=N–C) groups is 1. The molecule has 30 heavy (non-hydrogen) atoms. The number of carbonyl (C=O) groups is 1. The summed E-state index contributed by atoms with van der Waals surface area (Å²) in [4.78, 5) is 18.4. The molecule has 0 saturated heterocycles. The highest BCUT2D eigenvalue weighted by molar-refractivity contribution is 5.92. The molecule has 6 aliphatic carbocycles. The number of hydrogen-bond acceptors (Lipinski definition) is 2. The molecule has 0 heterocycles. The first-order chi connectivity index (χ1) is 14.6. The molecule has 2 N–H and O–H groups in total. The summed E-state index contributed by atoms with van der Waals surface area (Å²) in [6.07, 6.45) is 16.0. The van der Waals surface area contributed by atoms with Crippen LogP contribution in [0.1, 0.15) is 69.8 Å². The molecule has 4 atom stereocenters. The number of amides is 1. The average Bonchev–Trinajstić information content (AvgIpc) is 3.52. The third kappa shape index (κ3) is 2.96. The van der Waals surface area contributed by atoms with Crippen LogP contribution < -0.4 is 5.73 Å². The maximum Gasteiger partial charge on any atom is 0.252 e. The molecule has 1 aromatic carbocycles. The molecule has 0 aliphatic heterocycles. The highest BCUT2D eigenvalue weighted by Gasteiger charge is 2.69. The van der Waals surface area contributed by atoms with E-state index in [1.54, 1.807) is 5.57 Å².